The third kappa shape index (κ3) is 6.35. The van der Waals surface area contributed by atoms with Crippen LogP contribution in [-0.2, 0) is 23.2 Å². The van der Waals surface area contributed by atoms with E-state index in [-0.39, 0.29) is 17.2 Å². The highest BCUT2D eigenvalue weighted by Crippen LogP contribution is 2.24. The third-order valence-corrected chi connectivity index (χ3v) is 5.65. The van der Waals surface area contributed by atoms with E-state index in [1.54, 1.807) is 0 Å². The van der Waals surface area contributed by atoms with Crippen molar-refractivity contribution < 1.29 is 9.53 Å². The van der Waals surface area contributed by atoms with Crippen LogP contribution in [0.2, 0.25) is 0 Å². The van der Waals surface area contributed by atoms with Gasteiger partial charge in [-0.2, -0.15) is 0 Å². The molecule has 1 heterocycles. The van der Waals surface area contributed by atoms with E-state index in [9.17, 15) is 4.79 Å². The Bertz CT molecular complexity index is 1010. The summed E-state index contributed by atoms with van der Waals surface area (Å²) in [5, 5.41) is 2.99. The summed E-state index contributed by atoms with van der Waals surface area (Å²) in [5.74, 6) is 2.10. The third-order valence-electron chi connectivity index (χ3n) is 5.65. The number of hydrogen-bond acceptors (Lipinski definition) is 3. The summed E-state index contributed by atoms with van der Waals surface area (Å²) in [6.07, 6.45) is 2.61. The zero-order valence-corrected chi connectivity index (χ0v) is 20.1. The van der Waals surface area contributed by atoms with Crippen molar-refractivity contribution in [2.24, 2.45) is 5.92 Å². The maximum atomic E-state index is 11.8. The lowest BCUT2D eigenvalue weighted by Crippen LogP contribution is -2.28. The number of carbonyl (C=O) groups excluding carboxylic acids is 1. The number of aryl methyl sites for hydroxylation is 2. The number of benzene rings is 2. The summed E-state index contributed by atoms with van der Waals surface area (Å²) >= 11 is 0. The monoisotopic (exact) mass is 435 g/mol. The second-order valence-electron chi connectivity index (χ2n) is 9.69. The second-order valence-corrected chi connectivity index (χ2v) is 9.69. The molecule has 0 spiro atoms. The summed E-state index contributed by atoms with van der Waals surface area (Å²) in [6, 6.07) is 16.7. The molecule has 1 amide bonds. The number of aromatic nitrogens is 2. The van der Waals surface area contributed by atoms with Gasteiger partial charge in [-0.15, -0.1) is 0 Å². The van der Waals surface area contributed by atoms with Gasteiger partial charge in [0.25, 0.3) is 0 Å². The van der Waals surface area contributed by atoms with E-state index >= 15 is 0 Å². The SMILES string of the molecule is CC(C)C(=O)NCCCc1nc2ccccc2n1CCCOc1ccc(C(C)(C)C)cc1. The molecule has 5 heteroatoms. The number of ether oxygens (including phenoxy) is 1. The Balaban J connectivity index is 1.56. The number of nitrogens with zero attached hydrogens (tertiary/aromatic N) is 2. The van der Waals surface area contributed by atoms with Crippen molar-refractivity contribution in [1.29, 1.82) is 0 Å². The van der Waals surface area contributed by atoms with Gasteiger partial charge in [0, 0.05) is 25.4 Å². The van der Waals surface area contributed by atoms with Gasteiger partial charge in [0.05, 0.1) is 17.6 Å². The van der Waals surface area contributed by atoms with Crippen molar-refractivity contribution in [1.82, 2.24) is 14.9 Å². The quantitative estimate of drug-likeness (QED) is 0.427. The van der Waals surface area contributed by atoms with Crippen LogP contribution in [0.15, 0.2) is 48.5 Å². The van der Waals surface area contributed by atoms with Gasteiger partial charge in [-0.05, 0) is 48.1 Å². The molecule has 0 unspecified atom stereocenters. The molecule has 0 aliphatic rings. The molecule has 0 saturated heterocycles. The molecule has 2 aromatic carbocycles. The lowest BCUT2D eigenvalue weighted by atomic mass is 9.87. The molecule has 0 bridgehead atoms. The maximum Gasteiger partial charge on any atom is 0.222 e. The van der Waals surface area contributed by atoms with Crippen molar-refractivity contribution in [3.63, 3.8) is 0 Å². The molecular weight excluding hydrogens is 398 g/mol. The lowest BCUT2D eigenvalue weighted by Gasteiger charge is -2.19. The predicted molar refractivity (Wildman–Crippen MR) is 131 cm³/mol. The number of nitrogens with one attached hydrogen (secondary N) is 1. The largest absolute Gasteiger partial charge is 0.494 e. The van der Waals surface area contributed by atoms with Crippen LogP contribution < -0.4 is 10.1 Å². The first kappa shape index (κ1) is 23.8. The summed E-state index contributed by atoms with van der Waals surface area (Å²) in [4.78, 5) is 16.6. The normalized spacial score (nSPS) is 11.8. The van der Waals surface area contributed by atoms with E-state index in [0.717, 1.165) is 48.4 Å². The number of amides is 1. The second kappa shape index (κ2) is 10.7. The van der Waals surface area contributed by atoms with Gasteiger partial charge in [0.2, 0.25) is 5.91 Å². The Morgan fingerprint density at radius 3 is 2.47 bits per heavy atom. The number of carbonyl (C=O) groups is 1. The van der Waals surface area contributed by atoms with Crippen LogP contribution in [0, 0.1) is 5.92 Å². The number of rotatable bonds is 10. The van der Waals surface area contributed by atoms with Crippen molar-refractivity contribution in [3.05, 3.63) is 59.9 Å². The number of para-hydroxylation sites is 2. The molecule has 5 nitrogen and oxygen atoms in total. The molecule has 0 saturated carbocycles. The van der Waals surface area contributed by atoms with E-state index in [2.05, 4.69) is 73.1 Å². The Hall–Kier alpha value is -2.82. The zero-order valence-electron chi connectivity index (χ0n) is 20.1. The van der Waals surface area contributed by atoms with Crippen LogP contribution >= 0.6 is 0 Å². The summed E-state index contributed by atoms with van der Waals surface area (Å²) < 4.78 is 8.29. The average Bonchev–Trinajstić information content (AvgIpc) is 3.11. The minimum atomic E-state index is 0.0178. The average molecular weight is 436 g/mol. The van der Waals surface area contributed by atoms with E-state index in [0.29, 0.717) is 13.2 Å². The van der Waals surface area contributed by atoms with Crippen molar-refractivity contribution >= 4 is 16.9 Å². The molecule has 0 fully saturated rings. The molecule has 0 radical (unpaired) electrons. The first-order chi connectivity index (χ1) is 15.3. The maximum absolute atomic E-state index is 11.8. The van der Waals surface area contributed by atoms with Gasteiger partial charge in [-0.25, -0.2) is 4.98 Å². The van der Waals surface area contributed by atoms with Gasteiger partial charge in [-0.1, -0.05) is 58.9 Å². The zero-order chi connectivity index (χ0) is 23.1. The first-order valence-electron chi connectivity index (χ1n) is 11.7. The van der Waals surface area contributed by atoms with Crippen molar-refractivity contribution in [2.75, 3.05) is 13.2 Å². The summed E-state index contributed by atoms with van der Waals surface area (Å²) in [5.41, 5.74) is 3.63. The van der Waals surface area contributed by atoms with Gasteiger partial charge in [0.15, 0.2) is 0 Å². The predicted octanol–water partition coefficient (Wildman–Crippen LogP) is 5.51. The highest BCUT2D eigenvalue weighted by atomic mass is 16.5. The van der Waals surface area contributed by atoms with Crippen LogP contribution in [0.5, 0.6) is 5.75 Å². The van der Waals surface area contributed by atoms with E-state index < -0.39 is 0 Å². The molecule has 0 aliphatic carbocycles. The van der Waals surface area contributed by atoms with E-state index in [1.807, 2.05) is 19.9 Å². The van der Waals surface area contributed by atoms with Gasteiger partial charge < -0.3 is 14.6 Å². The number of hydrogen-bond donors (Lipinski definition) is 1. The van der Waals surface area contributed by atoms with Crippen molar-refractivity contribution in [2.45, 2.75) is 65.8 Å². The molecule has 172 valence electrons. The highest BCUT2D eigenvalue weighted by molar-refractivity contribution is 5.77. The van der Waals surface area contributed by atoms with E-state index in [1.165, 1.54) is 5.56 Å². The molecule has 32 heavy (non-hydrogen) atoms. The summed E-state index contributed by atoms with van der Waals surface area (Å²) in [6.45, 7) is 12.7. The Morgan fingerprint density at radius 2 is 1.78 bits per heavy atom. The fourth-order valence-electron chi connectivity index (χ4n) is 3.69. The molecular formula is C27H37N3O2. The first-order valence-corrected chi connectivity index (χ1v) is 11.7. The molecule has 1 aromatic heterocycles. The van der Waals surface area contributed by atoms with Crippen LogP contribution in [0.4, 0.5) is 0 Å². The highest BCUT2D eigenvalue weighted by Gasteiger charge is 2.13. The van der Waals surface area contributed by atoms with Gasteiger partial charge in [-0.3, -0.25) is 4.79 Å². The minimum absolute atomic E-state index is 0.0178. The Labute approximate surface area is 192 Å². The number of fused-ring (bicyclic) bond motifs is 1. The van der Waals surface area contributed by atoms with Crippen molar-refractivity contribution in [3.8, 4) is 5.75 Å². The standard InChI is InChI=1S/C27H37N3O2/c1-20(2)26(31)28-17-8-12-25-29-23-10-6-7-11-24(23)30(25)18-9-19-32-22-15-13-21(14-16-22)27(3,4)5/h6-7,10-11,13-16,20H,8-9,12,17-19H2,1-5H3,(H,28,31). The molecule has 3 rings (SSSR count). The Morgan fingerprint density at radius 1 is 1.06 bits per heavy atom. The lowest BCUT2D eigenvalue weighted by molar-refractivity contribution is -0.123. The molecule has 3 aromatic rings. The molecule has 1 N–H and O–H groups in total. The fraction of sp³-hybridized carbons (Fsp3) is 0.481. The topological polar surface area (TPSA) is 56.2 Å². The fourth-order valence-corrected chi connectivity index (χ4v) is 3.69. The van der Waals surface area contributed by atoms with E-state index in [4.69, 9.17) is 9.72 Å². The van der Waals surface area contributed by atoms with Crippen LogP contribution in [0.1, 0.15) is 58.8 Å². The summed E-state index contributed by atoms with van der Waals surface area (Å²) in [7, 11) is 0. The van der Waals surface area contributed by atoms with Crippen LogP contribution in [0.3, 0.4) is 0 Å². The number of imidazole rings is 1. The van der Waals surface area contributed by atoms with Gasteiger partial charge in [0.1, 0.15) is 11.6 Å². The Kier molecular flexibility index (Phi) is 7.94. The van der Waals surface area contributed by atoms with Crippen LogP contribution in [-0.4, -0.2) is 28.6 Å². The minimum Gasteiger partial charge on any atom is -0.494 e. The molecule has 0 aliphatic heterocycles. The smallest absolute Gasteiger partial charge is 0.222 e. The van der Waals surface area contributed by atoms with Crippen LogP contribution in [0.25, 0.3) is 11.0 Å². The molecule has 0 atom stereocenters. The van der Waals surface area contributed by atoms with Gasteiger partial charge >= 0.3 is 0 Å².